The van der Waals surface area contributed by atoms with Gasteiger partial charge in [-0.05, 0) is 46.1 Å². The summed E-state index contributed by atoms with van der Waals surface area (Å²) >= 11 is 0. The Hall–Kier alpha value is -1.68. The number of anilines is 1. The summed E-state index contributed by atoms with van der Waals surface area (Å²) in [6.45, 7) is 9.76. The van der Waals surface area contributed by atoms with Crippen LogP contribution in [0, 0.1) is 5.92 Å². The maximum Gasteiger partial charge on any atom is 0.147 e. The molecule has 1 saturated carbocycles. The minimum absolute atomic E-state index is 0.439. The minimum atomic E-state index is 0.439. The van der Waals surface area contributed by atoms with E-state index in [1.54, 1.807) is 0 Å². The molecule has 0 spiro atoms. The summed E-state index contributed by atoms with van der Waals surface area (Å²) in [5.41, 5.74) is 4.06. The summed E-state index contributed by atoms with van der Waals surface area (Å²) in [7, 11) is 2.23. The quantitative estimate of drug-likeness (QED) is 0.736. The van der Waals surface area contributed by atoms with E-state index in [9.17, 15) is 0 Å². The van der Waals surface area contributed by atoms with E-state index in [4.69, 9.17) is 0 Å². The van der Waals surface area contributed by atoms with E-state index < -0.39 is 0 Å². The van der Waals surface area contributed by atoms with Gasteiger partial charge in [0.15, 0.2) is 0 Å². The molecule has 136 valence electrons. The molecule has 0 N–H and O–H groups in total. The third-order valence-corrected chi connectivity index (χ3v) is 5.53. The second-order valence-corrected chi connectivity index (χ2v) is 7.65. The molecule has 4 nitrogen and oxygen atoms in total. The van der Waals surface area contributed by atoms with Crippen molar-refractivity contribution < 1.29 is 0 Å². The Morgan fingerprint density at radius 2 is 1.88 bits per heavy atom. The monoisotopic (exact) mass is 340 g/mol. The zero-order valence-electron chi connectivity index (χ0n) is 16.2. The highest BCUT2D eigenvalue weighted by Gasteiger charge is 2.26. The third kappa shape index (κ3) is 4.69. The van der Waals surface area contributed by atoms with E-state index >= 15 is 0 Å². The second kappa shape index (κ2) is 8.13. The summed E-state index contributed by atoms with van der Waals surface area (Å²) in [6, 6.07) is 0.439. The van der Waals surface area contributed by atoms with Crippen LogP contribution in [0.15, 0.2) is 35.7 Å². The average Bonchev–Trinajstić information content (AvgIpc) is 3.46. The first kappa shape index (κ1) is 18.1. The number of piperazine rings is 1. The molecule has 2 fully saturated rings. The van der Waals surface area contributed by atoms with Gasteiger partial charge in [-0.25, -0.2) is 4.98 Å². The fourth-order valence-corrected chi connectivity index (χ4v) is 3.52. The van der Waals surface area contributed by atoms with Crippen LogP contribution in [-0.2, 0) is 6.42 Å². The highest BCUT2D eigenvalue weighted by molar-refractivity contribution is 5.38. The molecule has 2 heterocycles. The summed E-state index contributed by atoms with van der Waals surface area (Å²) in [5.74, 6) is 1.86. The largest absolute Gasteiger partial charge is 0.352 e. The molecule has 1 atom stereocenters. The normalized spacial score (nSPS) is 23.2. The molecule has 4 heteroatoms. The highest BCUT2D eigenvalue weighted by atomic mass is 15.3. The maximum absolute atomic E-state index is 4.66. The van der Waals surface area contributed by atoms with Crippen molar-refractivity contribution in [3.63, 3.8) is 0 Å². The Bertz CT molecular complexity index is 628. The van der Waals surface area contributed by atoms with Crippen LogP contribution in [0.5, 0.6) is 0 Å². The van der Waals surface area contributed by atoms with Crippen LogP contribution in [0.1, 0.15) is 45.7 Å². The first-order valence-electron chi connectivity index (χ1n) is 9.69. The topological polar surface area (TPSA) is 32.3 Å². The van der Waals surface area contributed by atoms with E-state index in [1.807, 2.05) is 12.4 Å². The van der Waals surface area contributed by atoms with E-state index in [0.29, 0.717) is 6.04 Å². The molecule has 1 aromatic heterocycles. The molecule has 1 aromatic rings. The van der Waals surface area contributed by atoms with Crippen molar-refractivity contribution in [2.45, 2.75) is 52.5 Å². The molecule has 1 aliphatic heterocycles. The summed E-state index contributed by atoms with van der Waals surface area (Å²) in [5, 5.41) is 0. The van der Waals surface area contributed by atoms with Gasteiger partial charge < -0.3 is 4.90 Å². The number of aromatic nitrogens is 2. The molecule has 0 bridgehead atoms. The van der Waals surface area contributed by atoms with Crippen LogP contribution >= 0.6 is 0 Å². The van der Waals surface area contributed by atoms with Gasteiger partial charge >= 0.3 is 0 Å². The molecule has 25 heavy (non-hydrogen) atoms. The standard InChI is InChI=1S/C21H32N4/c1-5-6-19-13-23-21(14-22-19)25-12-11-24(4)20(15-25)17(3)8-7-16(2)18-9-10-18/h7-8,13-14,18,20H,5-6,9-12,15H2,1-4H3/b16-7+,17-8+. The van der Waals surface area contributed by atoms with Crippen LogP contribution in [0.4, 0.5) is 5.82 Å². The Labute approximate surface area is 152 Å². The molecule has 3 rings (SSSR count). The van der Waals surface area contributed by atoms with Gasteiger partial charge in [-0.2, -0.15) is 0 Å². The number of allylic oxidation sites excluding steroid dienone is 3. The van der Waals surface area contributed by atoms with Gasteiger partial charge in [-0.1, -0.05) is 36.6 Å². The van der Waals surface area contributed by atoms with Gasteiger partial charge in [-0.3, -0.25) is 9.88 Å². The molecular formula is C21H32N4. The van der Waals surface area contributed by atoms with Crippen molar-refractivity contribution in [2.24, 2.45) is 5.92 Å². The van der Waals surface area contributed by atoms with E-state index in [0.717, 1.165) is 49.9 Å². The fraction of sp³-hybridized carbons (Fsp3) is 0.619. The molecule has 1 saturated heterocycles. The Balaban J connectivity index is 1.68. The molecule has 1 unspecified atom stereocenters. The van der Waals surface area contributed by atoms with Crippen LogP contribution in [0.2, 0.25) is 0 Å². The van der Waals surface area contributed by atoms with Gasteiger partial charge in [0.25, 0.3) is 0 Å². The predicted octanol–water partition coefficient (Wildman–Crippen LogP) is 3.85. The zero-order chi connectivity index (χ0) is 17.8. The summed E-state index contributed by atoms with van der Waals surface area (Å²) in [6.07, 6.45) is 13.4. The molecule has 1 aliphatic carbocycles. The van der Waals surface area contributed by atoms with Gasteiger partial charge in [0.2, 0.25) is 0 Å². The molecule has 0 aromatic carbocycles. The van der Waals surface area contributed by atoms with Crippen molar-refractivity contribution in [3.8, 4) is 0 Å². The maximum atomic E-state index is 4.66. The Morgan fingerprint density at radius 1 is 1.12 bits per heavy atom. The zero-order valence-corrected chi connectivity index (χ0v) is 16.2. The molecular weight excluding hydrogens is 308 g/mol. The van der Waals surface area contributed by atoms with Gasteiger partial charge in [-0.15, -0.1) is 0 Å². The lowest BCUT2D eigenvalue weighted by Gasteiger charge is -2.40. The minimum Gasteiger partial charge on any atom is -0.352 e. The second-order valence-electron chi connectivity index (χ2n) is 7.65. The number of nitrogens with zero attached hydrogens (tertiary/aromatic N) is 4. The lowest BCUT2D eigenvalue weighted by atomic mass is 10.0. The predicted molar refractivity (Wildman–Crippen MR) is 105 cm³/mol. The number of aryl methyl sites for hydroxylation is 1. The number of rotatable bonds is 6. The summed E-state index contributed by atoms with van der Waals surface area (Å²) in [4.78, 5) is 14.1. The lowest BCUT2D eigenvalue weighted by Crippen LogP contribution is -2.52. The van der Waals surface area contributed by atoms with E-state index in [1.165, 1.54) is 24.0 Å². The van der Waals surface area contributed by atoms with Crippen molar-refractivity contribution in [3.05, 3.63) is 41.4 Å². The van der Waals surface area contributed by atoms with Gasteiger partial charge in [0, 0.05) is 25.7 Å². The van der Waals surface area contributed by atoms with E-state index in [-0.39, 0.29) is 0 Å². The van der Waals surface area contributed by atoms with Crippen molar-refractivity contribution in [2.75, 3.05) is 31.6 Å². The number of hydrogen-bond donors (Lipinski definition) is 0. The van der Waals surface area contributed by atoms with Crippen molar-refractivity contribution in [1.82, 2.24) is 14.9 Å². The Kier molecular flexibility index (Phi) is 5.89. The van der Waals surface area contributed by atoms with Crippen LogP contribution in [-0.4, -0.2) is 47.6 Å². The van der Waals surface area contributed by atoms with Crippen LogP contribution in [0.3, 0.4) is 0 Å². The molecule has 0 amide bonds. The number of likely N-dealkylation sites (N-methyl/N-ethyl adjacent to an activating group) is 1. The smallest absolute Gasteiger partial charge is 0.147 e. The van der Waals surface area contributed by atoms with E-state index in [2.05, 4.69) is 59.7 Å². The third-order valence-electron chi connectivity index (χ3n) is 5.53. The first-order chi connectivity index (χ1) is 12.1. The van der Waals surface area contributed by atoms with Crippen LogP contribution < -0.4 is 4.90 Å². The first-order valence-corrected chi connectivity index (χ1v) is 9.69. The van der Waals surface area contributed by atoms with Crippen LogP contribution in [0.25, 0.3) is 0 Å². The molecule has 0 radical (unpaired) electrons. The Morgan fingerprint density at radius 3 is 2.52 bits per heavy atom. The fourth-order valence-electron chi connectivity index (χ4n) is 3.52. The van der Waals surface area contributed by atoms with Gasteiger partial charge in [0.1, 0.15) is 5.82 Å². The van der Waals surface area contributed by atoms with Crippen molar-refractivity contribution >= 4 is 5.82 Å². The van der Waals surface area contributed by atoms with Gasteiger partial charge in [0.05, 0.1) is 18.1 Å². The highest BCUT2D eigenvalue weighted by Crippen LogP contribution is 2.36. The average molecular weight is 341 g/mol. The number of hydrogen-bond acceptors (Lipinski definition) is 4. The lowest BCUT2D eigenvalue weighted by molar-refractivity contribution is 0.246. The SMILES string of the molecule is CCCc1cnc(N2CCN(C)C(/C(C)=C/C=C(\C)C3CC3)C2)cn1. The summed E-state index contributed by atoms with van der Waals surface area (Å²) < 4.78 is 0. The molecule has 2 aliphatic rings. The van der Waals surface area contributed by atoms with Crippen molar-refractivity contribution in [1.29, 1.82) is 0 Å².